The second kappa shape index (κ2) is 4.24. The molecule has 0 amide bonds. The first-order valence-corrected chi connectivity index (χ1v) is 3.06. The van der Waals surface area contributed by atoms with Gasteiger partial charge in [-0.05, 0) is 13.8 Å². The van der Waals surface area contributed by atoms with Gasteiger partial charge in [-0.15, -0.1) is 0 Å². The van der Waals surface area contributed by atoms with Gasteiger partial charge in [0.15, 0.2) is 6.10 Å². The summed E-state index contributed by atoms with van der Waals surface area (Å²) in [4.78, 5) is 10.1. The van der Waals surface area contributed by atoms with Gasteiger partial charge < -0.3 is 14.9 Å². The lowest BCUT2D eigenvalue weighted by Crippen LogP contribution is -2.24. The van der Waals surface area contributed by atoms with Gasteiger partial charge in [0.2, 0.25) is 0 Å². The summed E-state index contributed by atoms with van der Waals surface area (Å²) >= 11 is 0. The lowest BCUT2D eigenvalue weighted by atomic mass is 10.4. The lowest BCUT2D eigenvalue weighted by Gasteiger charge is -2.08. The van der Waals surface area contributed by atoms with Crippen molar-refractivity contribution in [1.29, 1.82) is 0 Å². The summed E-state index contributed by atoms with van der Waals surface area (Å²) in [7, 11) is 0. The first-order chi connectivity index (χ1) is 4.54. The van der Waals surface area contributed by atoms with Gasteiger partial charge in [0.05, 0.1) is 12.7 Å². The number of aliphatic hydroxyl groups excluding tert-OH is 1. The van der Waals surface area contributed by atoms with Crippen LogP contribution < -0.4 is 0 Å². The van der Waals surface area contributed by atoms with Gasteiger partial charge in [-0.1, -0.05) is 0 Å². The molecule has 2 atom stereocenters. The zero-order valence-corrected chi connectivity index (χ0v) is 6.07. The molecule has 0 saturated heterocycles. The fourth-order valence-corrected chi connectivity index (χ4v) is 0.355. The second-order valence-corrected chi connectivity index (χ2v) is 2.16. The van der Waals surface area contributed by atoms with E-state index in [9.17, 15) is 4.79 Å². The molecule has 4 heteroatoms. The Labute approximate surface area is 59.4 Å². The number of aliphatic hydroxyl groups is 1. The lowest BCUT2D eigenvalue weighted by molar-refractivity contribution is -0.150. The summed E-state index contributed by atoms with van der Waals surface area (Å²) in [6.07, 6.45) is -1.45. The van der Waals surface area contributed by atoms with Crippen molar-refractivity contribution in [3.8, 4) is 0 Å². The molecule has 0 radical (unpaired) electrons. The van der Waals surface area contributed by atoms with E-state index in [-0.39, 0.29) is 6.61 Å². The zero-order chi connectivity index (χ0) is 8.15. The summed E-state index contributed by atoms with van der Waals surface area (Å²) in [5, 5.41) is 17.0. The molecule has 0 fully saturated rings. The number of rotatable bonds is 4. The van der Waals surface area contributed by atoms with Crippen LogP contribution in [0.3, 0.4) is 0 Å². The molecule has 4 nitrogen and oxygen atoms in total. The average Bonchev–Trinajstić information content (AvgIpc) is 1.82. The molecule has 0 saturated carbocycles. The molecule has 0 heterocycles. The summed E-state index contributed by atoms with van der Waals surface area (Å²) in [5.41, 5.74) is 0. The van der Waals surface area contributed by atoms with Crippen molar-refractivity contribution < 1.29 is 19.7 Å². The van der Waals surface area contributed by atoms with E-state index in [4.69, 9.17) is 14.9 Å². The molecule has 0 aliphatic carbocycles. The van der Waals surface area contributed by atoms with E-state index in [1.54, 1.807) is 0 Å². The minimum atomic E-state index is -1.01. The molecule has 0 spiro atoms. The normalized spacial score (nSPS) is 16.3. The van der Waals surface area contributed by atoms with Crippen LogP contribution in [-0.4, -0.2) is 35.0 Å². The average molecular weight is 148 g/mol. The van der Waals surface area contributed by atoms with Crippen molar-refractivity contribution in [3.05, 3.63) is 0 Å². The number of carbonyl (C=O) groups is 1. The molecular weight excluding hydrogens is 136 g/mol. The number of hydrogen-bond donors (Lipinski definition) is 2. The van der Waals surface area contributed by atoms with Gasteiger partial charge in [-0.25, -0.2) is 4.79 Å². The summed E-state index contributed by atoms with van der Waals surface area (Å²) in [5.74, 6) is -1.01. The van der Waals surface area contributed by atoms with Crippen molar-refractivity contribution in [1.82, 2.24) is 0 Å². The van der Waals surface area contributed by atoms with Crippen LogP contribution in [0.1, 0.15) is 13.8 Å². The first kappa shape index (κ1) is 9.39. The molecular formula is C6H12O4. The Morgan fingerprint density at radius 3 is 2.40 bits per heavy atom. The van der Waals surface area contributed by atoms with E-state index in [1.165, 1.54) is 13.8 Å². The highest BCUT2D eigenvalue weighted by Gasteiger charge is 2.11. The summed E-state index contributed by atoms with van der Waals surface area (Å²) in [6.45, 7) is 3.02. The minimum absolute atomic E-state index is 0.0630. The van der Waals surface area contributed by atoms with Crippen LogP contribution in [0.5, 0.6) is 0 Å². The van der Waals surface area contributed by atoms with Crippen molar-refractivity contribution >= 4 is 5.97 Å². The maximum Gasteiger partial charge on any atom is 0.332 e. The van der Waals surface area contributed by atoms with Crippen LogP contribution >= 0.6 is 0 Å². The molecule has 0 aliphatic heterocycles. The molecule has 0 aromatic heterocycles. The van der Waals surface area contributed by atoms with Crippen LogP contribution in [0, 0.1) is 0 Å². The highest BCUT2D eigenvalue weighted by atomic mass is 16.5. The van der Waals surface area contributed by atoms with Crippen LogP contribution in [0.25, 0.3) is 0 Å². The predicted octanol–water partition coefficient (Wildman–Crippen LogP) is -0.143. The fraction of sp³-hybridized carbons (Fsp3) is 0.833. The Bertz CT molecular complexity index is 110. The minimum Gasteiger partial charge on any atom is -0.479 e. The number of ether oxygens (including phenoxy) is 1. The Morgan fingerprint density at radius 2 is 2.10 bits per heavy atom. The third-order valence-electron chi connectivity index (χ3n) is 0.935. The maximum atomic E-state index is 10.1. The maximum absolute atomic E-state index is 10.1. The van der Waals surface area contributed by atoms with Crippen LogP contribution in [-0.2, 0) is 9.53 Å². The number of carboxylic acids is 1. The van der Waals surface area contributed by atoms with Crippen LogP contribution in [0.15, 0.2) is 0 Å². The molecule has 0 aliphatic rings. The largest absolute Gasteiger partial charge is 0.479 e. The van der Waals surface area contributed by atoms with Gasteiger partial charge in [0.1, 0.15) is 0 Å². The smallest absolute Gasteiger partial charge is 0.332 e. The molecule has 0 aromatic carbocycles. The Hall–Kier alpha value is -0.610. The topological polar surface area (TPSA) is 66.8 Å². The van der Waals surface area contributed by atoms with Gasteiger partial charge >= 0.3 is 5.97 Å². The van der Waals surface area contributed by atoms with Crippen molar-refractivity contribution in [3.63, 3.8) is 0 Å². The molecule has 0 bridgehead atoms. The Balaban J connectivity index is 3.40. The van der Waals surface area contributed by atoms with E-state index >= 15 is 0 Å². The van der Waals surface area contributed by atoms with E-state index in [2.05, 4.69) is 0 Å². The fourth-order valence-electron chi connectivity index (χ4n) is 0.355. The highest BCUT2D eigenvalue weighted by molar-refractivity contribution is 5.71. The zero-order valence-electron chi connectivity index (χ0n) is 6.07. The number of aliphatic carboxylic acids is 1. The molecule has 2 N–H and O–H groups in total. The number of carboxylic acid groups (broad SMARTS) is 1. The molecule has 0 rings (SSSR count). The standard InChI is InChI=1S/C6H12O4/c1-4(7)3-10-5(2)6(8)9/h4-5,7H,3H2,1-2H3,(H,8,9)/t4?,5-/m1/s1. The van der Waals surface area contributed by atoms with E-state index < -0.39 is 18.2 Å². The van der Waals surface area contributed by atoms with Gasteiger partial charge in [0, 0.05) is 0 Å². The van der Waals surface area contributed by atoms with E-state index in [0.29, 0.717) is 0 Å². The Morgan fingerprint density at radius 1 is 1.60 bits per heavy atom. The van der Waals surface area contributed by atoms with Crippen molar-refractivity contribution in [2.45, 2.75) is 26.1 Å². The second-order valence-electron chi connectivity index (χ2n) is 2.16. The van der Waals surface area contributed by atoms with Gasteiger partial charge in [-0.3, -0.25) is 0 Å². The molecule has 1 unspecified atom stereocenters. The van der Waals surface area contributed by atoms with Crippen LogP contribution in [0.2, 0.25) is 0 Å². The Kier molecular flexibility index (Phi) is 3.99. The monoisotopic (exact) mass is 148 g/mol. The highest BCUT2D eigenvalue weighted by Crippen LogP contribution is 1.91. The SMILES string of the molecule is CC(O)CO[C@H](C)C(=O)O. The summed E-state index contributed by atoms with van der Waals surface area (Å²) < 4.78 is 4.72. The van der Waals surface area contributed by atoms with Gasteiger partial charge in [-0.2, -0.15) is 0 Å². The first-order valence-electron chi connectivity index (χ1n) is 3.06. The van der Waals surface area contributed by atoms with Crippen LogP contribution in [0.4, 0.5) is 0 Å². The number of hydrogen-bond acceptors (Lipinski definition) is 3. The quantitative estimate of drug-likeness (QED) is 0.582. The van der Waals surface area contributed by atoms with Crippen molar-refractivity contribution in [2.75, 3.05) is 6.61 Å². The van der Waals surface area contributed by atoms with E-state index in [0.717, 1.165) is 0 Å². The third-order valence-corrected chi connectivity index (χ3v) is 0.935. The molecule has 10 heavy (non-hydrogen) atoms. The third kappa shape index (κ3) is 4.29. The molecule has 0 aromatic rings. The van der Waals surface area contributed by atoms with E-state index in [1.807, 2.05) is 0 Å². The van der Waals surface area contributed by atoms with Crippen molar-refractivity contribution in [2.24, 2.45) is 0 Å². The predicted molar refractivity (Wildman–Crippen MR) is 34.7 cm³/mol. The van der Waals surface area contributed by atoms with Gasteiger partial charge in [0.25, 0.3) is 0 Å². The summed E-state index contributed by atoms with van der Waals surface area (Å²) in [6, 6.07) is 0. The molecule has 60 valence electrons.